The van der Waals surface area contributed by atoms with Gasteiger partial charge in [0, 0.05) is 0 Å². The summed E-state index contributed by atoms with van der Waals surface area (Å²) in [4.78, 5) is 11.8. The van der Waals surface area contributed by atoms with Crippen LogP contribution in [0.3, 0.4) is 0 Å². The summed E-state index contributed by atoms with van der Waals surface area (Å²) >= 11 is 0. The van der Waals surface area contributed by atoms with Gasteiger partial charge in [-0.2, -0.15) is 0 Å². The number of primary sulfonamides is 1. The lowest BCUT2D eigenvalue weighted by Crippen LogP contribution is -2.17. The van der Waals surface area contributed by atoms with Crippen molar-refractivity contribution in [1.82, 2.24) is 0 Å². The summed E-state index contributed by atoms with van der Waals surface area (Å²) < 4.78 is 27.7. The maximum atomic E-state index is 11.9. The van der Waals surface area contributed by atoms with E-state index in [1.807, 2.05) is 0 Å². The van der Waals surface area contributed by atoms with Crippen LogP contribution in [0.1, 0.15) is 42.5 Å². The van der Waals surface area contributed by atoms with Gasteiger partial charge in [0.15, 0.2) is 0 Å². The highest BCUT2D eigenvalue weighted by atomic mass is 32.2. The number of sulfonamides is 1. The molecule has 1 aliphatic rings. The number of hydrogen-bond acceptors (Lipinski definition) is 4. The second kappa shape index (κ2) is 6.37. The normalized spacial score (nSPS) is 16.9. The van der Waals surface area contributed by atoms with Crippen molar-refractivity contribution in [3.63, 3.8) is 0 Å². The summed E-state index contributed by atoms with van der Waals surface area (Å²) in [6.07, 6.45) is 5.79. The Morgan fingerprint density at radius 1 is 1.25 bits per heavy atom. The fraction of sp³-hybridized carbons (Fsp3) is 0.500. The summed E-state index contributed by atoms with van der Waals surface area (Å²) in [6, 6.07) is 5.61. The van der Waals surface area contributed by atoms with Crippen molar-refractivity contribution in [3.05, 3.63) is 29.8 Å². The molecule has 2 rings (SSSR count). The van der Waals surface area contributed by atoms with Gasteiger partial charge in [0.1, 0.15) is 0 Å². The highest BCUT2D eigenvalue weighted by Crippen LogP contribution is 2.24. The zero-order chi connectivity index (χ0) is 14.6. The number of benzene rings is 1. The molecule has 1 aromatic carbocycles. The first kappa shape index (κ1) is 15.0. The molecule has 0 unspecified atom stereocenters. The first-order chi connectivity index (χ1) is 9.47. The topological polar surface area (TPSA) is 86.5 Å². The lowest BCUT2D eigenvalue weighted by Gasteiger charge is -2.21. The number of rotatable bonds is 4. The van der Waals surface area contributed by atoms with Gasteiger partial charge in [0.2, 0.25) is 10.0 Å². The molecule has 5 nitrogen and oxygen atoms in total. The Morgan fingerprint density at radius 3 is 2.60 bits per heavy atom. The zero-order valence-electron chi connectivity index (χ0n) is 11.2. The van der Waals surface area contributed by atoms with Crippen molar-refractivity contribution in [1.29, 1.82) is 0 Å². The number of esters is 1. The number of carbonyl (C=O) groups excluding carboxylic acids is 1. The Bertz CT molecular complexity index is 577. The van der Waals surface area contributed by atoms with E-state index >= 15 is 0 Å². The first-order valence-corrected chi connectivity index (χ1v) is 8.31. The molecule has 1 saturated carbocycles. The third kappa shape index (κ3) is 4.05. The fourth-order valence-electron chi connectivity index (χ4n) is 2.43. The molecule has 6 heteroatoms. The van der Waals surface area contributed by atoms with Crippen molar-refractivity contribution >= 4 is 16.0 Å². The Labute approximate surface area is 119 Å². The molecule has 1 fully saturated rings. The second-order valence-corrected chi connectivity index (χ2v) is 6.74. The molecule has 0 radical (unpaired) electrons. The van der Waals surface area contributed by atoms with E-state index in [-0.39, 0.29) is 10.5 Å². The maximum absolute atomic E-state index is 11.9. The summed E-state index contributed by atoms with van der Waals surface area (Å²) in [7, 11) is -3.80. The van der Waals surface area contributed by atoms with Gasteiger partial charge in [0.25, 0.3) is 0 Å². The van der Waals surface area contributed by atoms with Gasteiger partial charge in [-0.15, -0.1) is 0 Å². The molecule has 1 aromatic rings. The predicted molar refractivity (Wildman–Crippen MR) is 74.7 cm³/mol. The van der Waals surface area contributed by atoms with E-state index in [0.717, 1.165) is 12.8 Å². The highest BCUT2D eigenvalue weighted by molar-refractivity contribution is 7.89. The third-order valence-corrected chi connectivity index (χ3v) is 4.48. The number of carbonyl (C=O) groups is 1. The lowest BCUT2D eigenvalue weighted by atomic mass is 9.90. The van der Waals surface area contributed by atoms with Crippen LogP contribution in [0.5, 0.6) is 0 Å². The van der Waals surface area contributed by atoms with Gasteiger partial charge in [-0.3, -0.25) is 0 Å². The van der Waals surface area contributed by atoms with Crippen LogP contribution in [0.15, 0.2) is 29.2 Å². The minimum Gasteiger partial charge on any atom is -0.462 e. The van der Waals surface area contributed by atoms with Crippen molar-refractivity contribution in [2.75, 3.05) is 6.61 Å². The quantitative estimate of drug-likeness (QED) is 0.862. The van der Waals surface area contributed by atoms with Gasteiger partial charge in [0.05, 0.1) is 17.1 Å². The van der Waals surface area contributed by atoms with Crippen LogP contribution in [0.25, 0.3) is 0 Å². The Hall–Kier alpha value is -1.40. The number of hydrogen-bond donors (Lipinski definition) is 1. The number of nitrogens with two attached hydrogens (primary N) is 1. The molecule has 0 saturated heterocycles. The van der Waals surface area contributed by atoms with Crippen LogP contribution < -0.4 is 5.14 Å². The maximum Gasteiger partial charge on any atom is 0.338 e. The summed E-state index contributed by atoms with van der Waals surface area (Å²) in [5.74, 6) is -0.0739. The molecule has 0 aromatic heterocycles. The van der Waals surface area contributed by atoms with Crippen molar-refractivity contribution in [3.8, 4) is 0 Å². The minimum atomic E-state index is -3.80. The van der Waals surface area contributed by atoms with Crippen LogP contribution in [-0.2, 0) is 14.8 Å². The van der Waals surface area contributed by atoms with E-state index in [4.69, 9.17) is 9.88 Å². The second-order valence-electron chi connectivity index (χ2n) is 5.18. The van der Waals surface area contributed by atoms with Crippen LogP contribution in [0, 0.1) is 5.92 Å². The van der Waals surface area contributed by atoms with Crippen molar-refractivity contribution in [2.45, 2.75) is 37.0 Å². The highest BCUT2D eigenvalue weighted by Gasteiger charge is 2.17. The average Bonchev–Trinajstić information content (AvgIpc) is 2.45. The summed E-state index contributed by atoms with van der Waals surface area (Å²) in [6.45, 7) is 0.401. The summed E-state index contributed by atoms with van der Waals surface area (Å²) in [5, 5.41) is 5.04. The van der Waals surface area contributed by atoms with Gasteiger partial charge >= 0.3 is 5.97 Å². The molecule has 0 atom stereocenters. The first-order valence-electron chi connectivity index (χ1n) is 6.77. The average molecular weight is 297 g/mol. The molecule has 0 bridgehead atoms. The van der Waals surface area contributed by atoms with E-state index in [2.05, 4.69) is 0 Å². The van der Waals surface area contributed by atoms with E-state index in [1.54, 1.807) is 0 Å². The predicted octanol–water partition coefficient (Wildman–Crippen LogP) is 2.07. The Morgan fingerprint density at radius 2 is 1.95 bits per heavy atom. The van der Waals surface area contributed by atoms with Gasteiger partial charge < -0.3 is 4.74 Å². The number of ether oxygens (including phenoxy) is 1. The lowest BCUT2D eigenvalue weighted by molar-refractivity contribution is 0.0410. The fourth-order valence-corrected chi connectivity index (χ4v) is 2.99. The van der Waals surface area contributed by atoms with E-state index in [9.17, 15) is 13.2 Å². The molecule has 0 heterocycles. The largest absolute Gasteiger partial charge is 0.462 e. The zero-order valence-corrected chi connectivity index (χ0v) is 12.1. The molecule has 0 spiro atoms. The van der Waals surface area contributed by atoms with Crippen LogP contribution in [0.2, 0.25) is 0 Å². The summed E-state index contributed by atoms with van der Waals surface area (Å²) in [5.41, 5.74) is 0.215. The van der Waals surface area contributed by atoms with Crippen LogP contribution in [0.4, 0.5) is 0 Å². The van der Waals surface area contributed by atoms with E-state index < -0.39 is 16.0 Å². The van der Waals surface area contributed by atoms with E-state index in [1.165, 1.54) is 43.5 Å². The minimum absolute atomic E-state index is 0.0791. The van der Waals surface area contributed by atoms with Gasteiger partial charge in [-0.1, -0.05) is 25.3 Å². The smallest absolute Gasteiger partial charge is 0.338 e. The Balaban J connectivity index is 1.98. The Kier molecular flexibility index (Phi) is 4.77. The molecule has 110 valence electrons. The molecular weight excluding hydrogens is 278 g/mol. The van der Waals surface area contributed by atoms with Crippen LogP contribution in [-0.4, -0.2) is 21.0 Å². The molecule has 1 aliphatic carbocycles. The van der Waals surface area contributed by atoms with Crippen molar-refractivity contribution < 1.29 is 17.9 Å². The van der Waals surface area contributed by atoms with Gasteiger partial charge in [-0.25, -0.2) is 18.4 Å². The SMILES string of the molecule is NS(=O)(=O)c1cccc(C(=O)OCC2CCCCC2)c1. The monoisotopic (exact) mass is 297 g/mol. The van der Waals surface area contributed by atoms with Gasteiger partial charge in [-0.05, 0) is 37.0 Å². The third-order valence-electron chi connectivity index (χ3n) is 3.57. The van der Waals surface area contributed by atoms with Crippen molar-refractivity contribution in [2.24, 2.45) is 11.1 Å². The standard InChI is InChI=1S/C14H19NO4S/c15-20(17,18)13-8-4-7-12(9-13)14(16)19-10-11-5-2-1-3-6-11/h4,7-9,11H,1-3,5-6,10H2,(H2,15,17,18). The van der Waals surface area contributed by atoms with Crippen LogP contribution >= 0.6 is 0 Å². The molecule has 0 amide bonds. The molecule has 2 N–H and O–H groups in total. The molecular formula is C14H19NO4S. The van der Waals surface area contributed by atoms with E-state index in [0.29, 0.717) is 12.5 Å². The molecule has 0 aliphatic heterocycles. The molecule has 20 heavy (non-hydrogen) atoms.